The van der Waals surface area contributed by atoms with E-state index in [2.05, 4.69) is 73.7 Å². The minimum atomic E-state index is -0.116. The van der Waals surface area contributed by atoms with Gasteiger partial charge < -0.3 is 5.32 Å². The van der Waals surface area contributed by atoms with Gasteiger partial charge in [0.1, 0.15) is 0 Å². The Labute approximate surface area is 162 Å². The van der Waals surface area contributed by atoms with Crippen molar-refractivity contribution in [3.05, 3.63) is 65.7 Å². The molecular weight excluding hydrogens is 334 g/mol. The minimum absolute atomic E-state index is 0.0395. The zero-order chi connectivity index (χ0) is 19.1. The molecule has 4 nitrogen and oxygen atoms in total. The normalized spacial score (nSPS) is 28.0. The summed E-state index contributed by atoms with van der Waals surface area (Å²) >= 11 is 0. The molecule has 0 aromatic heterocycles. The summed E-state index contributed by atoms with van der Waals surface area (Å²) in [5.74, 6) is 0. The summed E-state index contributed by atoms with van der Waals surface area (Å²) in [4.78, 5) is 17.0. The molecule has 0 unspecified atom stereocenters. The molecule has 1 spiro atoms. The van der Waals surface area contributed by atoms with Crippen LogP contribution >= 0.6 is 0 Å². The molecule has 0 radical (unpaired) electrons. The molecule has 2 aromatic rings. The molecule has 4 rings (SSSR count). The number of carbonyl (C=O) groups excluding carboxylic acids is 1. The first-order valence-corrected chi connectivity index (χ1v) is 9.84. The smallest absolute Gasteiger partial charge is 0.322 e. The van der Waals surface area contributed by atoms with Gasteiger partial charge in [0.25, 0.3) is 0 Å². The van der Waals surface area contributed by atoms with Gasteiger partial charge in [0, 0.05) is 11.2 Å². The largest absolute Gasteiger partial charge is 0.330 e. The molecule has 1 N–H and O–H groups in total. The summed E-state index contributed by atoms with van der Waals surface area (Å²) in [5, 5.41) is 3.33. The van der Waals surface area contributed by atoms with E-state index in [1.165, 1.54) is 11.1 Å². The van der Waals surface area contributed by atoms with Crippen LogP contribution in [-0.4, -0.2) is 37.1 Å². The summed E-state index contributed by atoms with van der Waals surface area (Å²) < 4.78 is 0. The Balaban J connectivity index is 1.55. The number of nitrogens with zero attached hydrogens (tertiary/aromatic N) is 2. The monoisotopic (exact) mass is 363 g/mol. The van der Waals surface area contributed by atoms with Crippen LogP contribution in [0.3, 0.4) is 0 Å². The number of carbonyl (C=O) groups is 1. The van der Waals surface area contributed by atoms with E-state index in [1.807, 2.05) is 17.0 Å². The summed E-state index contributed by atoms with van der Waals surface area (Å²) in [6, 6.07) is 19.1. The van der Waals surface area contributed by atoms with Gasteiger partial charge in [-0.25, -0.2) is 4.79 Å². The Morgan fingerprint density at radius 1 is 0.963 bits per heavy atom. The second-order valence-corrected chi connectivity index (χ2v) is 8.43. The van der Waals surface area contributed by atoms with E-state index in [4.69, 9.17) is 0 Å². The molecule has 1 aliphatic carbocycles. The third-order valence-corrected chi connectivity index (χ3v) is 6.59. The molecule has 2 amide bonds. The molecule has 4 heteroatoms. The molecule has 2 fully saturated rings. The van der Waals surface area contributed by atoms with Gasteiger partial charge >= 0.3 is 6.03 Å². The first kappa shape index (κ1) is 18.1. The van der Waals surface area contributed by atoms with Crippen LogP contribution in [0.5, 0.6) is 0 Å². The summed E-state index contributed by atoms with van der Waals surface area (Å²) in [5.41, 5.74) is 3.49. The van der Waals surface area contributed by atoms with Crippen LogP contribution in [0, 0.1) is 6.92 Å². The zero-order valence-corrected chi connectivity index (χ0v) is 16.5. The first-order valence-electron chi connectivity index (χ1n) is 9.84. The molecule has 2 aliphatic rings. The Bertz CT molecular complexity index is 823. The number of anilines is 1. The standard InChI is InChI=1S/C23H29N3O/c1-18-8-7-11-20(16-18)26-17-22(24-21(26)27)12-14-23(15-13-22,25(2)3)19-9-5-4-6-10-19/h4-11,16H,12-15,17H2,1-3H3,(H,24,27)/t22-,23-. The lowest BCUT2D eigenvalue weighted by Crippen LogP contribution is -2.54. The third-order valence-electron chi connectivity index (χ3n) is 6.59. The fourth-order valence-electron chi connectivity index (χ4n) is 4.88. The summed E-state index contributed by atoms with van der Waals surface area (Å²) in [6.07, 6.45) is 4.08. The van der Waals surface area contributed by atoms with Crippen molar-refractivity contribution >= 4 is 11.7 Å². The lowest BCUT2D eigenvalue weighted by Gasteiger charge is -2.48. The lowest BCUT2D eigenvalue weighted by molar-refractivity contribution is 0.0658. The number of aryl methyl sites for hydroxylation is 1. The Kier molecular flexibility index (Phi) is 4.47. The Morgan fingerprint density at radius 3 is 2.30 bits per heavy atom. The van der Waals surface area contributed by atoms with Gasteiger partial charge in [-0.1, -0.05) is 42.5 Å². The Morgan fingerprint density at radius 2 is 1.67 bits per heavy atom. The van der Waals surface area contributed by atoms with Crippen LogP contribution < -0.4 is 10.2 Å². The van der Waals surface area contributed by atoms with Crippen molar-refractivity contribution in [1.82, 2.24) is 10.2 Å². The van der Waals surface area contributed by atoms with Crippen molar-refractivity contribution in [3.63, 3.8) is 0 Å². The number of amides is 2. The number of hydrogen-bond donors (Lipinski definition) is 1. The number of rotatable bonds is 3. The maximum absolute atomic E-state index is 12.7. The van der Waals surface area contributed by atoms with E-state index < -0.39 is 0 Å². The van der Waals surface area contributed by atoms with E-state index in [-0.39, 0.29) is 17.1 Å². The van der Waals surface area contributed by atoms with Gasteiger partial charge in [-0.05, 0) is 70.0 Å². The highest BCUT2D eigenvalue weighted by Crippen LogP contribution is 2.46. The van der Waals surface area contributed by atoms with Crippen molar-refractivity contribution in [2.75, 3.05) is 25.5 Å². The van der Waals surface area contributed by atoms with Crippen LogP contribution in [0.15, 0.2) is 54.6 Å². The van der Waals surface area contributed by atoms with Crippen LogP contribution in [-0.2, 0) is 5.54 Å². The molecule has 27 heavy (non-hydrogen) atoms. The van der Waals surface area contributed by atoms with Crippen LogP contribution in [0.25, 0.3) is 0 Å². The second kappa shape index (κ2) is 6.68. The number of urea groups is 1. The molecule has 1 saturated carbocycles. The topological polar surface area (TPSA) is 35.6 Å². The fraction of sp³-hybridized carbons (Fsp3) is 0.435. The predicted octanol–water partition coefficient (Wildman–Crippen LogP) is 4.29. The SMILES string of the molecule is Cc1cccc(N2C[C@]3(CC[C@@](c4ccccc4)(N(C)C)CC3)NC2=O)c1. The van der Waals surface area contributed by atoms with E-state index in [9.17, 15) is 4.79 Å². The van der Waals surface area contributed by atoms with Crippen LogP contribution in [0.4, 0.5) is 10.5 Å². The van der Waals surface area contributed by atoms with Crippen molar-refractivity contribution < 1.29 is 4.79 Å². The molecule has 2 aromatic carbocycles. The number of hydrogen-bond acceptors (Lipinski definition) is 2. The summed E-state index contributed by atoms with van der Waals surface area (Å²) in [6.45, 7) is 2.83. The molecule has 0 bridgehead atoms. The van der Waals surface area contributed by atoms with Gasteiger partial charge in [0.2, 0.25) is 0 Å². The molecule has 1 saturated heterocycles. The highest BCUT2D eigenvalue weighted by molar-refractivity contribution is 5.95. The van der Waals surface area contributed by atoms with Crippen molar-refractivity contribution in [3.8, 4) is 0 Å². The second-order valence-electron chi connectivity index (χ2n) is 8.43. The zero-order valence-electron chi connectivity index (χ0n) is 16.5. The van der Waals surface area contributed by atoms with Gasteiger partial charge in [-0.2, -0.15) is 0 Å². The lowest BCUT2D eigenvalue weighted by atomic mass is 9.69. The number of nitrogens with one attached hydrogen (secondary N) is 1. The van der Waals surface area contributed by atoms with Gasteiger partial charge in [0.05, 0.1) is 12.1 Å². The van der Waals surface area contributed by atoms with Gasteiger partial charge in [-0.3, -0.25) is 9.80 Å². The highest BCUT2D eigenvalue weighted by atomic mass is 16.2. The van der Waals surface area contributed by atoms with E-state index in [0.717, 1.165) is 37.9 Å². The maximum atomic E-state index is 12.7. The quantitative estimate of drug-likeness (QED) is 0.883. The summed E-state index contributed by atoms with van der Waals surface area (Å²) in [7, 11) is 4.36. The van der Waals surface area contributed by atoms with E-state index >= 15 is 0 Å². The third kappa shape index (κ3) is 3.12. The molecule has 1 heterocycles. The van der Waals surface area contributed by atoms with Crippen molar-refractivity contribution in [1.29, 1.82) is 0 Å². The maximum Gasteiger partial charge on any atom is 0.322 e. The van der Waals surface area contributed by atoms with Crippen LogP contribution in [0.2, 0.25) is 0 Å². The van der Waals surface area contributed by atoms with E-state index in [0.29, 0.717) is 0 Å². The van der Waals surface area contributed by atoms with E-state index in [1.54, 1.807) is 0 Å². The van der Waals surface area contributed by atoms with Gasteiger partial charge in [0.15, 0.2) is 0 Å². The van der Waals surface area contributed by atoms with Crippen LogP contribution in [0.1, 0.15) is 36.8 Å². The molecule has 142 valence electrons. The average Bonchev–Trinajstić information content (AvgIpc) is 2.99. The average molecular weight is 364 g/mol. The molecule has 1 aliphatic heterocycles. The minimum Gasteiger partial charge on any atom is -0.330 e. The van der Waals surface area contributed by atoms with Crippen molar-refractivity contribution in [2.24, 2.45) is 0 Å². The van der Waals surface area contributed by atoms with Gasteiger partial charge in [-0.15, -0.1) is 0 Å². The van der Waals surface area contributed by atoms with Crippen molar-refractivity contribution in [2.45, 2.75) is 43.7 Å². The predicted molar refractivity (Wildman–Crippen MR) is 110 cm³/mol. The molecule has 0 atom stereocenters. The molecular formula is C23H29N3O. The fourth-order valence-corrected chi connectivity index (χ4v) is 4.88. The number of benzene rings is 2. The highest BCUT2D eigenvalue weighted by Gasteiger charge is 2.50. The Hall–Kier alpha value is -2.33. The first-order chi connectivity index (χ1) is 12.9.